The van der Waals surface area contributed by atoms with Crippen molar-refractivity contribution in [1.29, 1.82) is 0 Å². The van der Waals surface area contributed by atoms with Crippen LogP contribution in [0.1, 0.15) is 25.0 Å². The number of hydrogen-bond donors (Lipinski definition) is 2. The number of rotatable bonds is 8. The van der Waals surface area contributed by atoms with E-state index in [0.717, 1.165) is 11.1 Å². The van der Waals surface area contributed by atoms with Crippen LogP contribution in [0.25, 0.3) is 0 Å². The average Bonchev–Trinajstić information content (AvgIpc) is 2.59. The maximum absolute atomic E-state index is 11.8. The summed E-state index contributed by atoms with van der Waals surface area (Å²) in [6.45, 7) is 3.15. The molecular formula is C18H20N2O5P+. The highest BCUT2D eigenvalue weighted by molar-refractivity contribution is 7.33. The van der Waals surface area contributed by atoms with Gasteiger partial charge >= 0.3 is 8.25 Å². The van der Waals surface area contributed by atoms with Crippen molar-refractivity contribution in [2.24, 2.45) is 0 Å². The molecule has 8 heteroatoms. The summed E-state index contributed by atoms with van der Waals surface area (Å²) in [5, 5.41) is 5.33. The van der Waals surface area contributed by atoms with Gasteiger partial charge < -0.3 is 10.6 Å². The van der Waals surface area contributed by atoms with Crippen LogP contribution in [-0.4, -0.2) is 11.8 Å². The number of benzene rings is 2. The highest BCUT2D eigenvalue weighted by atomic mass is 31.1. The van der Waals surface area contributed by atoms with Gasteiger partial charge in [-0.1, -0.05) is 24.3 Å². The Morgan fingerprint density at radius 2 is 1.12 bits per heavy atom. The van der Waals surface area contributed by atoms with Gasteiger partial charge in [0.1, 0.15) is 13.2 Å². The van der Waals surface area contributed by atoms with Crippen molar-refractivity contribution in [3.8, 4) is 0 Å². The molecule has 0 fully saturated rings. The van der Waals surface area contributed by atoms with Gasteiger partial charge in [0.15, 0.2) is 0 Å². The second-order valence-electron chi connectivity index (χ2n) is 5.53. The van der Waals surface area contributed by atoms with Crippen molar-refractivity contribution in [2.45, 2.75) is 27.1 Å². The number of anilines is 2. The molecule has 2 aromatic rings. The lowest BCUT2D eigenvalue weighted by Gasteiger charge is -2.03. The minimum Gasteiger partial charge on any atom is -0.326 e. The molecule has 0 spiro atoms. The number of hydrogen-bond acceptors (Lipinski definition) is 5. The van der Waals surface area contributed by atoms with Crippen LogP contribution in [0.15, 0.2) is 48.5 Å². The van der Waals surface area contributed by atoms with Crippen LogP contribution in [0, 0.1) is 0 Å². The maximum Gasteiger partial charge on any atom is 0.698 e. The number of nitrogens with one attached hydrogen (secondary N) is 2. The van der Waals surface area contributed by atoms with Crippen molar-refractivity contribution in [2.75, 3.05) is 10.6 Å². The SMILES string of the molecule is CC(=O)Nc1ccc(CO[P+](=O)OCc2ccc(NC(C)=O)cc2)cc1. The standard InChI is InChI=1S/C18H19N2O5P/c1-13(21)19-17-7-3-15(4-8-17)11-24-26(23)25-12-16-5-9-18(10-6-16)20-14(2)22/h3-10H,11-12H2,1-2H3,(H-,19,20,21,22)/p+1. The molecule has 0 aliphatic heterocycles. The molecule has 0 saturated carbocycles. The summed E-state index contributed by atoms with van der Waals surface area (Å²) in [6, 6.07) is 14.1. The zero-order chi connectivity index (χ0) is 18.9. The molecule has 0 radical (unpaired) electrons. The van der Waals surface area contributed by atoms with Crippen molar-refractivity contribution < 1.29 is 23.2 Å². The van der Waals surface area contributed by atoms with E-state index in [-0.39, 0.29) is 25.0 Å². The van der Waals surface area contributed by atoms with Crippen LogP contribution >= 0.6 is 8.25 Å². The molecule has 2 rings (SSSR count). The van der Waals surface area contributed by atoms with E-state index in [1.165, 1.54) is 13.8 Å². The van der Waals surface area contributed by atoms with Gasteiger partial charge in [-0.2, -0.15) is 0 Å². The Labute approximate surface area is 152 Å². The van der Waals surface area contributed by atoms with Gasteiger partial charge in [0, 0.05) is 29.8 Å². The van der Waals surface area contributed by atoms with Crippen LogP contribution < -0.4 is 10.6 Å². The number of amides is 2. The first-order valence-electron chi connectivity index (χ1n) is 7.88. The monoisotopic (exact) mass is 375 g/mol. The quantitative estimate of drug-likeness (QED) is 0.681. The first-order chi connectivity index (χ1) is 12.4. The third-order valence-electron chi connectivity index (χ3n) is 3.22. The molecule has 0 atom stereocenters. The first-order valence-corrected chi connectivity index (χ1v) is 8.98. The molecule has 2 amide bonds. The van der Waals surface area contributed by atoms with E-state index in [4.69, 9.17) is 9.05 Å². The van der Waals surface area contributed by atoms with Crippen LogP contribution in [0.2, 0.25) is 0 Å². The smallest absolute Gasteiger partial charge is 0.326 e. The lowest BCUT2D eigenvalue weighted by Crippen LogP contribution is -2.05. The fraction of sp³-hybridized carbons (Fsp3) is 0.222. The van der Waals surface area contributed by atoms with Crippen LogP contribution in [0.3, 0.4) is 0 Å². The maximum atomic E-state index is 11.8. The molecule has 0 bridgehead atoms. The summed E-state index contributed by atoms with van der Waals surface area (Å²) in [5.74, 6) is -0.286. The third kappa shape index (κ3) is 7.11. The molecule has 0 aliphatic carbocycles. The lowest BCUT2D eigenvalue weighted by atomic mass is 10.2. The van der Waals surface area contributed by atoms with Crippen LogP contribution in [0.4, 0.5) is 11.4 Å². The van der Waals surface area contributed by atoms with Crippen molar-refractivity contribution in [3.05, 3.63) is 59.7 Å². The summed E-state index contributed by atoms with van der Waals surface area (Å²) in [5.41, 5.74) is 2.99. The summed E-state index contributed by atoms with van der Waals surface area (Å²) >= 11 is 0. The van der Waals surface area contributed by atoms with Crippen LogP contribution in [0.5, 0.6) is 0 Å². The fourth-order valence-corrected chi connectivity index (χ4v) is 2.65. The topological polar surface area (TPSA) is 93.7 Å². The zero-order valence-corrected chi connectivity index (χ0v) is 15.4. The Morgan fingerprint density at radius 1 is 0.769 bits per heavy atom. The van der Waals surface area contributed by atoms with Gasteiger partial charge in [-0.05, 0) is 35.4 Å². The van der Waals surface area contributed by atoms with Gasteiger partial charge in [-0.3, -0.25) is 9.59 Å². The second kappa shape index (κ2) is 9.77. The molecule has 0 unspecified atom stereocenters. The molecule has 0 heterocycles. The summed E-state index contributed by atoms with van der Waals surface area (Å²) in [4.78, 5) is 21.9. The van der Waals surface area contributed by atoms with Gasteiger partial charge in [0.25, 0.3) is 0 Å². The molecule has 0 saturated heterocycles. The molecule has 26 heavy (non-hydrogen) atoms. The Kier molecular flexibility index (Phi) is 7.41. The van der Waals surface area contributed by atoms with Crippen molar-refractivity contribution >= 4 is 31.4 Å². The molecular weight excluding hydrogens is 355 g/mol. The summed E-state index contributed by atoms with van der Waals surface area (Å²) in [6.07, 6.45) is 0. The van der Waals surface area contributed by atoms with Crippen molar-refractivity contribution in [1.82, 2.24) is 0 Å². The second-order valence-corrected chi connectivity index (χ2v) is 6.49. The van der Waals surface area contributed by atoms with Gasteiger partial charge in [-0.25, -0.2) is 0 Å². The zero-order valence-electron chi connectivity index (χ0n) is 14.5. The third-order valence-corrected chi connectivity index (χ3v) is 3.90. The minimum atomic E-state index is -2.26. The van der Waals surface area contributed by atoms with E-state index in [1.54, 1.807) is 48.5 Å². The molecule has 0 aromatic heterocycles. The van der Waals surface area contributed by atoms with Gasteiger partial charge in [0.2, 0.25) is 11.8 Å². The number of carbonyl (C=O) groups excluding carboxylic acids is 2. The molecule has 0 aliphatic rings. The van der Waals surface area contributed by atoms with E-state index in [2.05, 4.69) is 10.6 Å². The van der Waals surface area contributed by atoms with Crippen LogP contribution in [-0.2, 0) is 36.4 Å². The highest BCUT2D eigenvalue weighted by Gasteiger charge is 2.20. The largest absolute Gasteiger partial charge is 0.698 e. The summed E-state index contributed by atoms with van der Waals surface area (Å²) < 4.78 is 22.2. The summed E-state index contributed by atoms with van der Waals surface area (Å²) in [7, 11) is -2.26. The van der Waals surface area contributed by atoms with E-state index in [0.29, 0.717) is 11.4 Å². The molecule has 136 valence electrons. The predicted octanol–water partition coefficient (Wildman–Crippen LogP) is 3.99. The van der Waals surface area contributed by atoms with Gasteiger partial charge in [0.05, 0.1) is 0 Å². The number of carbonyl (C=O) groups is 2. The Morgan fingerprint density at radius 3 is 1.42 bits per heavy atom. The van der Waals surface area contributed by atoms with E-state index in [9.17, 15) is 14.2 Å². The minimum absolute atomic E-state index is 0.136. The van der Waals surface area contributed by atoms with E-state index < -0.39 is 8.25 Å². The molecule has 2 N–H and O–H groups in total. The predicted molar refractivity (Wildman–Crippen MR) is 98.7 cm³/mol. The fourth-order valence-electron chi connectivity index (χ4n) is 2.07. The van der Waals surface area contributed by atoms with Crippen molar-refractivity contribution in [3.63, 3.8) is 0 Å². The lowest BCUT2D eigenvalue weighted by molar-refractivity contribution is -0.115. The molecule has 7 nitrogen and oxygen atoms in total. The first kappa shape index (κ1) is 19.7. The Balaban J connectivity index is 1.74. The average molecular weight is 375 g/mol. The van der Waals surface area contributed by atoms with E-state index in [1.807, 2.05) is 0 Å². The highest BCUT2D eigenvalue weighted by Crippen LogP contribution is 2.28. The Hall–Kier alpha value is -2.60. The Bertz CT molecular complexity index is 710. The molecule has 2 aromatic carbocycles. The normalized spacial score (nSPS) is 10.2. The van der Waals surface area contributed by atoms with Gasteiger partial charge in [-0.15, -0.1) is 9.05 Å². The van der Waals surface area contributed by atoms with E-state index >= 15 is 0 Å².